The molecule has 0 heterocycles. The van der Waals surface area contributed by atoms with E-state index in [0.29, 0.717) is 22.7 Å². The minimum atomic E-state index is -2.54. The molecule has 3 aromatic carbocycles. The largest absolute Gasteiger partial charge is 0.493 e. The van der Waals surface area contributed by atoms with Crippen LogP contribution >= 0.6 is 0 Å². The van der Waals surface area contributed by atoms with Crippen molar-refractivity contribution in [3.63, 3.8) is 0 Å². The van der Waals surface area contributed by atoms with Gasteiger partial charge in [0, 0.05) is 23.4 Å². The van der Waals surface area contributed by atoms with Gasteiger partial charge >= 0.3 is 0 Å². The Morgan fingerprint density at radius 3 is 2.09 bits per heavy atom. The number of benzene rings is 3. The maximum Gasteiger partial charge on any atom is 0.256 e. The fourth-order valence-electron chi connectivity index (χ4n) is 5.09. The van der Waals surface area contributed by atoms with Gasteiger partial charge < -0.3 is 15.4 Å². The molecule has 0 atom stereocenters. The van der Waals surface area contributed by atoms with E-state index in [4.69, 9.17) is 4.74 Å². The molecule has 0 saturated heterocycles. The first-order valence-electron chi connectivity index (χ1n) is 15.0. The molecule has 7 nitrogen and oxygen atoms in total. The van der Waals surface area contributed by atoms with Crippen molar-refractivity contribution in [3.8, 4) is 5.75 Å². The summed E-state index contributed by atoms with van der Waals surface area (Å²) in [5, 5.41) is 5.62. The van der Waals surface area contributed by atoms with Crippen molar-refractivity contribution in [2.75, 3.05) is 24.2 Å². The maximum atomic E-state index is 13.6. The standard InChI is InChI=1S/C35H42N2O5S/c1-35(2,3)29-15-13-27(14-16-29)32(23-25-9-11-28(12-10-25)33(38)36-21-22-43(40)41)34(39)37-30-17-19-31(20-18-30)42-24-26-7-5-4-6-8-26/h9-20,23,26,43H,4-8,21-22,24H2,1-3H3,(H,36,38)(H,37,39)/b32-23+. The lowest BCUT2D eigenvalue weighted by atomic mass is 9.86. The molecule has 0 radical (unpaired) electrons. The first-order chi connectivity index (χ1) is 20.6. The van der Waals surface area contributed by atoms with Gasteiger partial charge in [0.2, 0.25) is 0 Å². The zero-order chi connectivity index (χ0) is 30.8. The lowest BCUT2D eigenvalue weighted by Gasteiger charge is -2.21. The van der Waals surface area contributed by atoms with Gasteiger partial charge in [0.05, 0.1) is 12.4 Å². The number of ether oxygens (including phenoxy) is 1. The highest BCUT2D eigenvalue weighted by molar-refractivity contribution is 7.72. The number of carbonyl (C=O) groups is 2. The summed E-state index contributed by atoms with van der Waals surface area (Å²) in [7, 11) is -2.54. The summed E-state index contributed by atoms with van der Waals surface area (Å²) in [4.78, 5) is 26.0. The number of carbonyl (C=O) groups excluding carboxylic acids is 2. The highest BCUT2D eigenvalue weighted by Gasteiger charge is 2.18. The molecule has 2 N–H and O–H groups in total. The second kappa shape index (κ2) is 15.0. The van der Waals surface area contributed by atoms with Crippen LogP contribution in [-0.2, 0) is 20.9 Å². The van der Waals surface area contributed by atoms with Crippen LogP contribution in [-0.4, -0.2) is 39.1 Å². The summed E-state index contributed by atoms with van der Waals surface area (Å²) >= 11 is 0. The first-order valence-corrected chi connectivity index (χ1v) is 16.3. The molecule has 0 spiro atoms. The molecule has 4 rings (SSSR count). The van der Waals surface area contributed by atoms with E-state index < -0.39 is 10.7 Å². The van der Waals surface area contributed by atoms with E-state index in [0.717, 1.165) is 29.0 Å². The SMILES string of the molecule is CC(C)(C)c1ccc(/C(=C\c2ccc(C(=O)NCC[SH](=O)=O)cc2)C(=O)Nc2ccc(OCC3CCCCC3)cc2)cc1. The first kappa shape index (κ1) is 32.0. The fraction of sp³-hybridized carbons (Fsp3) is 0.371. The third-order valence-corrected chi connectivity index (χ3v) is 8.28. The van der Waals surface area contributed by atoms with Gasteiger partial charge in [-0.2, -0.15) is 0 Å². The predicted molar refractivity (Wildman–Crippen MR) is 174 cm³/mol. The van der Waals surface area contributed by atoms with E-state index in [1.54, 1.807) is 30.3 Å². The van der Waals surface area contributed by atoms with E-state index in [9.17, 15) is 18.0 Å². The quantitative estimate of drug-likeness (QED) is 0.133. The van der Waals surface area contributed by atoms with E-state index >= 15 is 0 Å². The Bertz CT molecular complexity index is 1470. The Hall–Kier alpha value is -3.91. The number of amides is 2. The van der Waals surface area contributed by atoms with Crippen molar-refractivity contribution in [2.45, 2.75) is 58.3 Å². The predicted octanol–water partition coefficient (Wildman–Crippen LogP) is 6.46. The second-order valence-corrected chi connectivity index (χ2v) is 13.2. The molecule has 0 aliphatic heterocycles. The highest BCUT2D eigenvalue weighted by Crippen LogP contribution is 2.28. The summed E-state index contributed by atoms with van der Waals surface area (Å²) in [5.41, 5.74) is 4.21. The summed E-state index contributed by atoms with van der Waals surface area (Å²) in [6, 6.07) is 22.3. The Morgan fingerprint density at radius 2 is 1.49 bits per heavy atom. The number of hydrogen-bond donors (Lipinski definition) is 3. The monoisotopic (exact) mass is 602 g/mol. The minimum Gasteiger partial charge on any atom is -0.493 e. The summed E-state index contributed by atoms with van der Waals surface area (Å²) in [5.74, 6) is 0.695. The molecular formula is C35H42N2O5S. The van der Waals surface area contributed by atoms with Crippen LogP contribution < -0.4 is 15.4 Å². The van der Waals surface area contributed by atoms with Crippen LogP contribution in [0, 0.1) is 5.92 Å². The molecule has 8 heteroatoms. The lowest BCUT2D eigenvalue weighted by molar-refractivity contribution is -0.111. The number of rotatable bonds is 11. The molecular weight excluding hydrogens is 560 g/mol. The molecule has 0 unspecified atom stereocenters. The van der Waals surface area contributed by atoms with Gasteiger partial charge in [0.25, 0.3) is 11.8 Å². The van der Waals surface area contributed by atoms with Crippen LogP contribution in [0.1, 0.15) is 79.9 Å². The molecule has 43 heavy (non-hydrogen) atoms. The normalized spacial score (nSPS) is 14.4. The van der Waals surface area contributed by atoms with Gasteiger partial charge in [-0.15, -0.1) is 0 Å². The van der Waals surface area contributed by atoms with Crippen molar-refractivity contribution in [1.82, 2.24) is 5.32 Å². The van der Waals surface area contributed by atoms with Crippen molar-refractivity contribution in [3.05, 3.63) is 95.1 Å². The smallest absolute Gasteiger partial charge is 0.256 e. The Labute approximate surface area is 256 Å². The topological polar surface area (TPSA) is 102 Å². The molecule has 0 aromatic heterocycles. The molecule has 3 aromatic rings. The van der Waals surface area contributed by atoms with Crippen molar-refractivity contribution in [1.29, 1.82) is 0 Å². The summed E-state index contributed by atoms with van der Waals surface area (Å²) in [6.45, 7) is 7.22. The summed E-state index contributed by atoms with van der Waals surface area (Å²) < 4.78 is 27.5. The van der Waals surface area contributed by atoms with Gasteiger partial charge in [0.1, 0.15) is 16.5 Å². The molecule has 0 bridgehead atoms. The van der Waals surface area contributed by atoms with E-state index in [2.05, 4.69) is 31.4 Å². The van der Waals surface area contributed by atoms with Gasteiger partial charge in [0.15, 0.2) is 0 Å². The molecule has 2 amide bonds. The average Bonchev–Trinajstić information content (AvgIpc) is 2.99. The van der Waals surface area contributed by atoms with Gasteiger partial charge in [-0.25, -0.2) is 8.42 Å². The Kier molecular flexibility index (Phi) is 11.2. The van der Waals surface area contributed by atoms with Crippen LogP contribution in [0.2, 0.25) is 0 Å². The van der Waals surface area contributed by atoms with Gasteiger partial charge in [-0.05, 0) is 83.3 Å². The molecule has 1 aliphatic carbocycles. The lowest BCUT2D eigenvalue weighted by Crippen LogP contribution is -2.26. The van der Waals surface area contributed by atoms with Crippen LogP contribution in [0.5, 0.6) is 5.75 Å². The molecule has 228 valence electrons. The van der Waals surface area contributed by atoms with Crippen LogP contribution in [0.25, 0.3) is 11.6 Å². The number of anilines is 1. The number of thiol groups is 1. The van der Waals surface area contributed by atoms with E-state index in [1.807, 2.05) is 48.5 Å². The van der Waals surface area contributed by atoms with Crippen LogP contribution in [0.3, 0.4) is 0 Å². The zero-order valence-electron chi connectivity index (χ0n) is 25.2. The fourth-order valence-corrected chi connectivity index (χ4v) is 5.39. The van der Waals surface area contributed by atoms with E-state index in [-0.39, 0.29) is 29.5 Å². The van der Waals surface area contributed by atoms with E-state index in [1.165, 1.54) is 32.1 Å². The summed E-state index contributed by atoms with van der Waals surface area (Å²) in [6.07, 6.45) is 8.12. The second-order valence-electron chi connectivity index (χ2n) is 12.1. The Balaban J connectivity index is 1.50. The molecule has 1 aliphatic rings. The van der Waals surface area contributed by atoms with Gasteiger partial charge in [-0.1, -0.05) is 76.4 Å². The third-order valence-electron chi connectivity index (χ3n) is 7.69. The number of nitrogens with one attached hydrogen (secondary N) is 2. The van der Waals surface area contributed by atoms with Crippen LogP contribution in [0.4, 0.5) is 5.69 Å². The molecule has 1 saturated carbocycles. The van der Waals surface area contributed by atoms with Gasteiger partial charge in [-0.3, -0.25) is 9.59 Å². The third kappa shape index (κ3) is 9.82. The Morgan fingerprint density at radius 1 is 0.860 bits per heavy atom. The van der Waals surface area contributed by atoms with Crippen LogP contribution in [0.15, 0.2) is 72.8 Å². The minimum absolute atomic E-state index is 0.0226. The zero-order valence-corrected chi connectivity index (χ0v) is 26.1. The maximum absolute atomic E-state index is 13.6. The highest BCUT2D eigenvalue weighted by atomic mass is 32.2. The van der Waals surface area contributed by atoms with Crippen molar-refractivity contribution in [2.24, 2.45) is 5.92 Å². The average molecular weight is 603 g/mol. The molecule has 1 fully saturated rings. The van der Waals surface area contributed by atoms with Crippen molar-refractivity contribution >= 4 is 39.9 Å². The van der Waals surface area contributed by atoms with Crippen molar-refractivity contribution < 1.29 is 22.7 Å². The number of hydrogen-bond acceptors (Lipinski definition) is 5.